The lowest BCUT2D eigenvalue weighted by Gasteiger charge is -2.54. The van der Waals surface area contributed by atoms with Gasteiger partial charge in [-0.3, -0.25) is 19.3 Å². The number of benzene rings is 1. The van der Waals surface area contributed by atoms with Gasteiger partial charge in [0.05, 0.1) is 6.04 Å². The van der Waals surface area contributed by atoms with Crippen molar-refractivity contribution in [3.8, 4) is 11.8 Å². The van der Waals surface area contributed by atoms with Gasteiger partial charge in [0.25, 0.3) is 5.91 Å². The Kier molecular flexibility index (Phi) is 4.92. The maximum absolute atomic E-state index is 13.4. The summed E-state index contributed by atoms with van der Waals surface area (Å²) in [7, 11) is 1.48. The molecule has 0 aliphatic carbocycles. The van der Waals surface area contributed by atoms with Crippen LogP contribution in [0.4, 0.5) is 13.2 Å². The van der Waals surface area contributed by atoms with E-state index in [2.05, 4.69) is 0 Å². The van der Waals surface area contributed by atoms with Crippen LogP contribution in [-0.4, -0.2) is 40.0 Å². The van der Waals surface area contributed by atoms with Gasteiger partial charge in [-0.25, -0.2) is 0 Å². The van der Waals surface area contributed by atoms with Crippen molar-refractivity contribution in [3.63, 3.8) is 0 Å². The Morgan fingerprint density at radius 3 is 2.48 bits per heavy atom. The van der Waals surface area contributed by atoms with Crippen LogP contribution in [0.15, 0.2) is 41.3 Å². The molecule has 1 aromatic carbocycles. The average Bonchev–Trinajstić information content (AvgIpc) is 2.73. The second-order valence-electron chi connectivity index (χ2n) is 7.81. The Morgan fingerprint density at radius 2 is 1.87 bits per heavy atom. The van der Waals surface area contributed by atoms with E-state index < -0.39 is 53.4 Å². The molecule has 1 N–H and O–H groups in total. The molecule has 31 heavy (non-hydrogen) atoms. The molecule has 4 rings (SSSR count). The number of carbonyl (C=O) groups is 1. The normalized spacial score (nSPS) is 23.2. The summed E-state index contributed by atoms with van der Waals surface area (Å²) in [5.41, 5.74) is -1.15. The molecule has 0 bridgehead atoms. The zero-order chi connectivity index (χ0) is 22.5. The lowest BCUT2D eigenvalue weighted by molar-refractivity contribution is -0.149. The van der Waals surface area contributed by atoms with Crippen molar-refractivity contribution in [2.24, 2.45) is 5.92 Å². The number of pyridine rings is 1. The Balaban J connectivity index is 1.97. The number of piperidine rings is 1. The molecule has 162 valence electrons. The Labute approximate surface area is 175 Å². The van der Waals surface area contributed by atoms with Gasteiger partial charge < -0.3 is 10.0 Å². The largest absolute Gasteiger partial charge is 0.502 e. The van der Waals surface area contributed by atoms with E-state index in [-0.39, 0.29) is 18.5 Å². The Hall–Kier alpha value is -3.48. The van der Waals surface area contributed by atoms with Crippen LogP contribution in [0.2, 0.25) is 0 Å². The van der Waals surface area contributed by atoms with Crippen LogP contribution in [0.3, 0.4) is 0 Å². The predicted molar refractivity (Wildman–Crippen MR) is 104 cm³/mol. The molecule has 0 unspecified atom stereocenters. The number of rotatable bonds is 2. The zero-order valence-electron chi connectivity index (χ0n) is 16.5. The third kappa shape index (κ3) is 3.40. The van der Waals surface area contributed by atoms with Gasteiger partial charge in [-0.15, -0.1) is 0 Å². The lowest BCUT2D eigenvalue weighted by atomic mass is 9.81. The molecule has 1 aromatic heterocycles. The van der Waals surface area contributed by atoms with Crippen molar-refractivity contribution < 1.29 is 23.1 Å². The molecule has 0 saturated carbocycles. The molecule has 2 aliphatic rings. The van der Waals surface area contributed by atoms with Gasteiger partial charge in [-0.05, 0) is 24.3 Å². The number of halogens is 3. The number of aromatic nitrogens is 1. The van der Waals surface area contributed by atoms with E-state index in [1.54, 1.807) is 41.4 Å². The molecule has 0 radical (unpaired) electrons. The van der Waals surface area contributed by atoms with E-state index in [1.807, 2.05) is 0 Å². The highest BCUT2D eigenvalue weighted by atomic mass is 19.4. The summed E-state index contributed by atoms with van der Waals surface area (Å²) < 4.78 is 41.4. The fraction of sp³-hybridized carbons (Fsp3) is 0.381. The molecule has 1 saturated heterocycles. The van der Waals surface area contributed by atoms with Crippen molar-refractivity contribution in [1.29, 1.82) is 5.26 Å². The summed E-state index contributed by atoms with van der Waals surface area (Å²) >= 11 is 0. The number of hydrogen-bond acceptors (Lipinski definition) is 5. The van der Waals surface area contributed by atoms with Crippen molar-refractivity contribution in [3.05, 3.63) is 63.6 Å². The third-order valence-corrected chi connectivity index (χ3v) is 5.97. The number of nitrogens with zero attached hydrogens (tertiary/aromatic N) is 4. The van der Waals surface area contributed by atoms with Crippen LogP contribution in [0.1, 0.15) is 46.9 Å². The van der Waals surface area contributed by atoms with Crippen LogP contribution < -0.4 is 10.4 Å². The molecule has 1 fully saturated rings. The Bertz CT molecular complexity index is 1120. The molecule has 0 spiro atoms. The number of hydrogen-bond donors (Lipinski definition) is 1. The van der Waals surface area contributed by atoms with Crippen molar-refractivity contribution >= 4 is 5.91 Å². The van der Waals surface area contributed by atoms with Crippen molar-refractivity contribution in [2.75, 3.05) is 12.1 Å². The minimum atomic E-state index is -4.39. The Morgan fingerprint density at radius 1 is 1.19 bits per heavy atom. The minimum absolute atomic E-state index is 0.227. The molecule has 2 aromatic rings. The SMILES string of the molecule is CN1C(=O)c2c(O)c(=O)c(C#N)cn2N2[C@H](c3ccccc3)[C@@H](CC(F)(F)F)CC[C@@H]12. The smallest absolute Gasteiger partial charge is 0.389 e. The zero-order valence-corrected chi connectivity index (χ0v) is 16.5. The van der Waals surface area contributed by atoms with Crippen molar-refractivity contribution in [1.82, 2.24) is 9.58 Å². The molecular weight excluding hydrogens is 413 g/mol. The molecule has 3 heterocycles. The van der Waals surface area contributed by atoms with Gasteiger partial charge in [-0.2, -0.15) is 18.4 Å². The molecule has 7 nitrogen and oxygen atoms in total. The summed E-state index contributed by atoms with van der Waals surface area (Å²) in [5, 5.41) is 21.3. The first-order valence-corrected chi connectivity index (χ1v) is 9.70. The first-order chi connectivity index (χ1) is 14.6. The molecule has 10 heteroatoms. The van der Waals surface area contributed by atoms with Gasteiger partial charge >= 0.3 is 6.18 Å². The highest BCUT2D eigenvalue weighted by Crippen LogP contribution is 2.45. The molecule has 2 aliphatic heterocycles. The fourth-order valence-electron chi connectivity index (χ4n) is 4.64. The second kappa shape index (κ2) is 7.34. The van der Waals surface area contributed by atoms with Crippen LogP contribution in [-0.2, 0) is 0 Å². The van der Waals surface area contributed by atoms with Crippen LogP contribution >= 0.6 is 0 Å². The van der Waals surface area contributed by atoms with E-state index in [9.17, 15) is 33.1 Å². The second-order valence-corrected chi connectivity index (χ2v) is 7.81. The summed E-state index contributed by atoms with van der Waals surface area (Å²) in [6, 6.07) is 9.48. The average molecular weight is 432 g/mol. The topological polar surface area (TPSA) is 89.6 Å². The number of aromatic hydroxyl groups is 1. The number of amides is 1. The van der Waals surface area contributed by atoms with Gasteiger partial charge in [-0.1, -0.05) is 30.3 Å². The summed E-state index contributed by atoms with van der Waals surface area (Å²) in [5.74, 6) is -2.36. The van der Waals surface area contributed by atoms with Gasteiger partial charge in [0.2, 0.25) is 5.43 Å². The van der Waals surface area contributed by atoms with Crippen molar-refractivity contribution in [2.45, 2.75) is 37.6 Å². The summed E-state index contributed by atoms with van der Waals surface area (Å²) in [6.45, 7) is 0. The van der Waals surface area contributed by atoms with Crippen LogP contribution in [0, 0.1) is 17.2 Å². The maximum atomic E-state index is 13.4. The van der Waals surface area contributed by atoms with E-state index in [0.29, 0.717) is 5.56 Å². The van der Waals surface area contributed by atoms with Crippen LogP contribution in [0.5, 0.6) is 5.75 Å². The standard InChI is InChI=1S/C21H19F3N4O3/c1-26-15-8-7-13(9-21(22,23)24)16(12-5-3-2-4-6-12)28(15)27-11-14(10-25)18(29)19(30)17(27)20(26)31/h2-6,11,13,15-16,30H,7-9H2,1H3/t13-,15+,16-/m1/s1. The van der Waals surface area contributed by atoms with E-state index in [4.69, 9.17) is 0 Å². The predicted octanol–water partition coefficient (Wildman–Crippen LogP) is 2.88. The van der Waals surface area contributed by atoms with Crippen LogP contribution in [0.25, 0.3) is 0 Å². The van der Waals surface area contributed by atoms with E-state index >= 15 is 0 Å². The van der Waals surface area contributed by atoms with Gasteiger partial charge in [0.1, 0.15) is 17.8 Å². The molecule has 1 amide bonds. The van der Waals surface area contributed by atoms with Gasteiger partial charge in [0.15, 0.2) is 11.4 Å². The summed E-state index contributed by atoms with van der Waals surface area (Å²) in [6.07, 6.45) is -4.41. The number of alkyl halides is 3. The highest BCUT2D eigenvalue weighted by Gasteiger charge is 2.49. The first kappa shape index (κ1) is 20.8. The monoisotopic (exact) mass is 432 g/mol. The van der Waals surface area contributed by atoms with E-state index in [0.717, 1.165) is 6.20 Å². The lowest BCUT2D eigenvalue weighted by Crippen LogP contribution is -2.64. The van der Waals surface area contributed by atoms with E-state index in [1.165, 1.54) is 16.6 Å². The van der Waals surface area contributed by atoms with Gasteiger partial charge in [0, 0.05) is 19.7 Å². The number of fused-ring (bicyclic) bond motifs is 3. The molecule has 3 atom stereocenters. The fourth-order valence-corrected chi connectivity index (χ4v) is 4.64. The summed E-state index contributed by atoms with van der Waals surface area (Å²) in [4.78, 5) is 26.5. The maximum Gasteiger partial charge on any atom is 0.389 e. The third-order valence-electron chi connectivity index (χ3n) is 5.97. The molecular formula is C21H19F3N4O3. The highest BCUT2D eigenvalue weighted by molar-refractivity contribution is 5.96. The first-order valence-electron chi connectivity index (χ1n) is 9.70. The number of nitriles is 1. The number of carbonyl (C=O) groups excluding carboxylic acids is 1. The quantitative estimate of drug-likeness (QED) is 0.788. The minimum Gasteiger partial charge on any atom is -0.502 e.